The van der Waals surface area contributed by atoms with E-state index in [1.807, 2.05) is 56.3 Å². The molecule has 2 rings (SSSR count). The van der Waals surface area contributed by atoms with Crippen molar-refractivity contribution >= 4 is 28.1 Å². The lowest BCUT2D eigenvalue weighted by Gasteiger charge is -2.08. The van der Waals surface area contributed by atoms with E-state index >= 15 is 0 Å². The molecule has 0 fully saturated rings. The van der Waals surface area contributed by atoms with Crippen LogP contribution in [0.3, 0.4) is 0 Å². The molecule has 0 aliphatic rings. The van der Waals surface area contributed by atoms with Crippen molar-refractivity contribution < 1.29 is 14.3 Å². The van der Waals surface area contributed by atoms with E-state index < -0.39 is 0 Å². The zero-order valence-corrected chi connectivity index (χ0v) is 16.6. The van der Waals surface area contributed by atoms with Crippen molar-refractivity contribution in [2.75, 3.05) is 13.2 Å². The average molecular weight is 419 g/mol. The number of hydrogen-bond acceptors (Lipinski definition) is 4. The zero-order valence-electron chi connectivity index (χ0n) is 15.0. The SMILES string of the molecule is CCCOc1ccc(Br)cc1/C=N\NC(=O)Cc1ccc(OCC)cc1. The average Bonchev–Trinajstić information content (AvgIpc) is 2.63. The summed E-state index contributed by atoms with van der Waals surface area (Å²) in [6.45, 7) is 5.23. The highest BCUT2D eigenvalue weighted by Gasteiger charge is 2.05. The fraction of sp³-hybridized carbons (Fsp3) is 0.300. The summed E-state index contributed by atoms with van der Waals surface area (Å²) in [5.74, 6) is 1.35. The minimum absolute atomic E-state index is 0.184. The van der Waals surface area contributed by atoms with Gasteiger partial charge in [0.2, 0.25) is 5.91 Å². The van der Waals surface area contributed by atoms with Crippen molar-refractivity contribution in [3.05, 3.63) is 58.1 Å². The van der Waals surface area contributed by atoms with E-state index in [-0.39, 0.29) is 12.3 Å². The first-order valence-corrected chi connectivity index (χ1v) is 9.37. The number of nitrogens with one attached hydrogen (secondary N) is 1. The lowest BCUT2D eigenvalue weighted by atomic mass is 10.1. The second kappa shape index (κ2) is 10.6. The minimum atomic E-state index is -0.184. The van der Waals surface area contributed by atoms with Crippen molar-refractivity contribution in [3.8, 4) is 11.5 Å². The van der Waals surface area contributed by atoms with Gasteiger partial charge < -0.3 is 9.47 Å². The molecule has 1 amide bonds. The Morgan fingerprint density at radius 3 is 2.62 bits per heavy atom. The summed E-state index contributed by atoms with van der Waals surface area (Å²) in [5.41, 5.74) is 4.25. The van der Waals surface area contributed by atoms with E-state index in [0.717, 1.165) is 33.5 Å². The van der Waals surface area contributed by atoms with Gasteiger partial charge in [0, 0.05) is 10.0 Å². The minimum Gasteiger partial charge on any atom is -0.494 e. The van der Waals surface area contributed by atoms with Gasteiger partial charge in [-0.1, -0.05) is 35.0 Å². The Kier molecular flexibility index (Phi) is 8.15. The van der Waals surface area contributed by atoms with E-state index in [0.29, 0.717) is 13.2 Å². The fourth-order valence-corrected chi connectivity index (χ4v) is 2.61. The summed E-state index contributed by atoms with van der Waals surface area (Å²) in [4.78, 5) is 12.0. The van der Waals surface area contributed by atoms with Crippen LogP contribution in [-0.4, -0.2) is 25.3 Å². The van der Waals surface area contributed by atoms with Crippen LogP contribution in [0.1, 0.15) is 31.4 Å². The molecule has 0 bridgehead atoms. The van der Waals surface area contributed by atoms with E-state index in [1.165, 1.54) is 0 Å². The normalized spacial score (nSPS) is 10.7. The Labute approximate surface area is 162 Å². The maximum atomic E-state index is 12.0. The summed E-state index contributed by atoms with van der Waals surface area (Å²) in [6, 6.07) is 13.1. The lowest BCUT2D eigenvalue weighted by molar-refractivity contribution is -0.120. The highest BCUT2D eigenvalue weighted by atomic mass is 79.9. The molecule has 26 heavy (non-hydrogen) atoms. The summed E-state index contributed by atoms with van der Waals surface area (Å²) in [7, 11) is 0. The molecule has 0 atom stereocenters. The molecule has 5 nitrogen and oxygen atoms in total. The highest BCUT2D eigenvalue weighted by Crippen LogP contribution is 2.22. The Hall–Kier alpha value is -2.34. The van der Waals surface area contributed by atoms with Crippen LogP contribution in [-0.2, 0) is 11.2 Å². The van der Waals surface area contributed by atoms with Crippen molar-refractivity contribution in [3.63, 3.8) is 0 Å². The molecule has 0 saturated heterocycles. The van der Waals surface area contributed by atoms with Gasteiger partial charge in [-0.25, -0.2) is 5.43 Å². The van der Waals surface area contributed by atoms with Gasteiger partial charge in [0.25, 0.3) is 0 Å². The van der Waals surface area contributed by atoms with Gasteiger partial charge in [-0.3, -0.25) is 4.79 Å². The lowest BCUT2D eigenvalue weighted by Crippen LogP contribution is -2.19. The number of benzene rings is 2. The van der Waals surface area contributed by atoms with Gasteiger partial charge in [-0.15, -0.1) is 0 Å². The number of ether oxygens (including phenoxy) is 2. The third kappa shape index (κ3) is 6.52. The van der Waals surface area contributed by atoms with Crippen LogP contribution in [0.2, 0.25) is 0 Å². The smallest absolute Gasteiger partial charge is 0.244 e. The Morgan fingerprint density at radius 2 is 1.92 bits per heavy atom. The fourth-order valence-electron chi connectivity index (χ4n) is 2.23. The first kappa shape index (κ1) is 20.0. The first-order valence-electron chi connectivity index (χ1n) is 8.58. The van der Waals surface area contributed by atoms with Crippen molar-refractivity contribution in [1.29, 1.82) is 0 Å². The standard InChI is InChI=1S/C20H23BrN2O3/c1-3-11-26-19-10-7-17(21)13-16(19)14-22-23-20(24)12-15-5-8-18(9-6-15)25-4-2/h5-10,13-14H,3-4,11-12H2,1-2H3,(H,23,24)/b22-14-. The number of hydrogen-bond donors (Lipinski definition) is 1. The van der Waals surface area contributed by atoms with Gasteiger partial charge >= 0.3 is 0 Å². The molecule has 2 aromatic rings. The summed E-state index contributed by atoms with van der Waals surface area (Å²) in [5, 5.41) is 4.04. The molecule has 6 heteroatoms. The molecule has 0 aliphatic carbocycles. The number of hydrazone groups is 1. The van der Waals surface area contributed by atoms with E-state index in [1.54, 1.807) is 6.21 Å². The van der Waals surface area contributed by atoms with Crippen LogP contribution in [0.25, 0.3) is 0 Å². The van der Waals surface area contributed by atoms with Crippen molar-refractivity contribution in [1.82, 2.24) is 5.43 Å². The molecule has 1 N–H and O–H groups in total. The van der Waals surface area contributed by atoms with Gasteiger partial charge in [-0.2, -0.15) is 5.10 Å². The van der Waals surface area contributed by atoms with Gasteiger partial charge in [-0.05, 0) is 49.2 Å². The number of halogens is 1. The Balaban J connectivity index is 1.93. The van der Waals surface area contributed by atoms with Gasteiger partial charge in [0.05, 0.1) is 25.8 Å². The van der Waals surface area contributed by atoms with Gasteiger partial charge in [0.1, 0.15) is 11.5 Å². The van der Waals surface area contributed by atoms with Crippen LogP contribution >= 0.6 is 15.9 Å². The predicted molar refractivity (Wildman–Crippen MR) is 107 cm³/mol. The third-order valence-electron chi connectivity index (χ3n) is 3.43. The predicted octanol–water partition coefficient (Wildman–Crippen LogP) is 4.33. The molecular weight excluding hydrogens is 396 g/mol. The molecule has 0 spiro atoms. The number of carbonyl (C=O) groups is 1. The van der Waals surface area contributed by atoms with Gasteiger partial charge in [0.15, 0.2) is 0 Å². The number of rotatable bonds is 9. The maximum absolute atomic E-state index is 12.0. The monoisotopic (exact) mass is 418 g/mol. The maximum Gasteiger partial charge on any atom is 0.244 e. The van der Waals surface area contributed by atoms with Crippen LogP contribution in [0.5, 0.6) is 11.5 Å². The van der Waals surface area contributed by atoms with E-state index in [2.05, 4.69) is 26.5 Å². The second-order valence-electron chi connectivity index (χ2n) is 5.58. The van der Waals surface area contributed by atoms with E-state index in [9.17, 15) is 4.79 Å². The quantitative estimate of drug-likeness (QED) is 0.486. The van der Waals surface area contributed by atoms with Crippen LogP contribution < -0.4 is 14.9 Å². The zero-order chi connectivity index (χ0) is 18.8. The largest absolute Gasteiger partial charge is 0.494 e. The molecule has 0 unspecified atom stereocenters. The van der Waals surface area contributed by atoms with Crippen molar-refractivity contribution in [2.45, 2.75) is 26.7 Å². The topological polar surface area (TPSA) is 59.9 Å². The van der Waals surface area contributed by atoms with Crippen molar-refractivity contribution in [2.24, 2.45) is 5.10 Å². The molecule has 0 aliphatic heterocycles. The third-order valence-corrected chi connectivity index (χ3v) is 3.92. The number of carbonyl (C=O) groups excluding carboxylic acids is 1. The van der Waals surface area contributed by atoms with Crippen LogP contribution in [0.15, 0.2) is 52.0 Å². The van der Waals surface area contributed by atoms with E-state index in [4.69, 9.17) is 9.47 Å². The molecule has 0 saturated carbocycles. The second-order valence-corrected chi connectivity index (χ2v) is 6.49. The van der Waals surface area contributed by atoms with Crippen LogP contribution in [0.4, 0.5) is 0 Å². The number of amides is 1. The molecular formula is C20H23BrN2O3. The number of nitrogens with zero attached hydrogens (tertiary/aromatic N) is 1. The molecule has 0 radical (unpaired) electrons. The summed E-state index contributed by atoms with van der Waals surface area (Å²) >= 11 is 3.43. The molecule has 0 heterocycles. The highest BCUT2D eigenvalue weighted by molar-refractivity contribution is 9.10. The first-order chi connectivity index (χ1) is 12.6. The molecule has 138 valence electrons. The molecule has 2 aromatic carbocycles. The Morgan fingerprint density at radius 1 is 1.15 bits per heavy atom. The van der Waals surface area contributed by atoms with Crippen LogP contribution in [0, 0.1) is 0 Å². The molecule has 0 aromatic heterocycles. The summed E-state index contributed by atoms with van der Waals surface area (Å²) < 4.78 is 12.0. The summed E-state index contributed by atoms with van der Waals surface area (Å²) in [6.07, 6.45) is 2.76. The Bertz CT molecular complexity index is 745.